The van der Waals surface area contributed by atoms with Gasteiger partial charge in [0.25, 0.3) is 5.78 Å². The summed E-state index contributed by atoms with van der Waals surface area (Å²) in [6.45, 7) is 7.78. The van der Waals surface area contributed by atoms with Gasteiger partial charge in [0.05, 0.1) is 12.6 Å². The highest BCUT2D eigenvalue weighted by atomic mass is 15.4. The SMILES string of the molecule is Cc1cc(N2CCCC2Cn2nc(C)nc2C)n2ncnc2n1. The highest BCUT2D eigenvalue weighted by molar-refractivity contribution is 5.48. The van der Waals surface area contributed by atoms with Crippen LogP contribution in [0.1, 0.15) is 30.2 Å². The van der Waals surface area contributed by atoms with E-state index in [1.807, 2.05) is 30.0 Å². The third-order valence-corrected chi connectivity index (χ3v) is 4.38. The van der Waals surface area contributed by atoms with Crippen molar-refractivity contribution in [2.75, 3.05) is 11.4 Å². The molecule has 4 heterocycles. The number of aromatic nitrogens is 7. The molecule has 1 fully saturated rings. The van der Waals surface area contributed by atoms with Crippen molar-refractivity contribution in [3.8, 4) is 0 Å². The Kier molecular flexibility index (Phi) is 3.24. The number of fused-ring (bicyclic) bond motifs is 1. The van der Waals surface area contributed by atoms with Crippen molar-refractivity contribution in [2.45, 2.75) is 46.2 Å². The predicted octanol–water partition coefficient (Wildman–Crippen LogP) is 1.31. The molecule has 0 bridgehead atoms. The highest BCUT2D eigenvalue weighted by Crippen LogP contribution is 2.27. The van der Waals surface area contributed by atoms with Gasteiger partial charge in [0.1, 0.15) is 23.8 Å². The van der Waals surface area contributed by atoms with Gasteiger partial charge in [0.15, 0.2) is 0 Å². The molecule has 0 amide bonds. The molecule has 0 spiro atoms. The summed E-state index contributed by atoms with van der Waals surface area (Å²) in [6.07, 6.45) is 3.85. The zero-order chi connectivity index (χ0) is 16.0. The monoisotopic (exact) mass is 312 g/mol. The summed E-state index contributed by atoms with van der Waals surface area (Å²) in [5.41, 5.74) is 0.957. The lowest BCUT2D eigenvalue weighted by Crippen LogP contribution is -2.35. The van der Waals surface area contributed by atoms with E-state index in [0.717, 1.165) is 49.1 Å². The van der Waals surface area contributed by atoms with Gasteiger partial charge in [0.2, 0.25) is 0 Å². The molecule has 3 aromatic heterocycles. The van der Waals surface area contributed by atoms with E-state index in [9.17, 15) is 0 Å². The molecule has 0 aromatic carbocycles. The van der Waals surface area contributed by atoms with E-state index in [4.69, 9.17) is 0 Å². The number of hydrogen-bond donors (Lipinski definition) is 0. The zero-order valence-electron chi connectivity index (χ0n) is 13.6. The summed E-state index contributed by atoms with van der Waals surface area (Å²) < 4.78 is 3.83. The van der Waals surface area contributed by atoms with Gasteiger partial charge < -0.3 is 4.90 Å². The normalized spacial score (nSPS) is 18.2. The fourth-order valence-electron chi connectivity index (χ4n) is 3.38. The van der Waals surface area contributed by atoms with Crippen LogP contribution in [0.15, 0.2) is 12.4 Å². The Morgan fingerprint density at radius 2 is 2.09 bits per heavy atom. The predicted molar refractivity (Wildman–Crippen MR) is 85.4 cm³/mol. The molecule has 4 rings (SSSR count). The number of hydrogen-bond acceptors (Lipinski definition) is 6. The minimum Gasteiger partial charge on any atom is -0.352 e. The molecule has 1 saturated heterocycles. The summed E-state index contributed by atoms with van der Waals surface area (Å²) in [5.74, 6) is 3.50. The fourth-order valence-corrected chi connectivity index (χ4v) is 3.38. The standard InChI is InChI=1S/C15H20N8/c1-10-7-14(23-15(18-10)16-9-17-23)21-6-4-5-13(21)8-22-12(3)19-11(2)20-22/h7,9,13H,4-6,8H2,1-3H3. The van der Waals surface area contributed by atoms with Crippen LogP contribution in [-0.4, -0.2) is 46.9 Å². The second-order valence-corrected chi connectivity index (χ2v) is 6.11. The van der Waals surface area contributed by atoms with Crippen molar-refractivity contribution < 1.29 is 0 Å². The number of anilines is 1. The van der Waals surface area contributed by atoms with Crippen LogP contribution in [0.4, 0.5) is 5.82 Å². The third-order valence-electron chi connectivity index (χ3n) is 4.38. The van der Waals surface area contributed by atoms with Crippen LogP contribution < -0.4 is 4.90 Å². The first kappa shape index (κ1) is 14.1. The number of rotatable bonds is 3. The largest absolute Gasteiger partial charge is 0.352 e. The van der Waals surface area contributed by atoms with Crippen LogP contribution in [0.2, 0.25) is 0 Å². The first-order valence-electron chi connectivity index (χ1n) is 7.94. The lowest BCUT2D eigenvalue weighted by Gasteiger charge is -2.27. The molecule has 1 unspecified atom stereocenters. The molecule has 0 saturated carbocycles. The Bertz CT molecular complexity index is 848. The lowest BCUT2D eigenvalue weighted by molar-refractivity contribution is 0.493. The average Bonchev–Trinajstić information content (AvgIpc) is 3.19. The van der Waals surface area contributed by atoms with E-state index in [-0.39, 0.29) is 0 Å². The van der Waals surface area contributed by atoms with Crippen molar-refractivity contribution in [3.63, 3.8) is 0 Å². The number of nitrogens with zero attached hydrogens (tertiary/aromatic N) is 8. The average molecular weight is 312 g/mol. The molecule has 1 atom stereocenters. The minimum absolute atomic E-state index is 0.379. The van der Waals surface area contributed by atoms with E-state index >= 15 is 0 Å². The topological polar surface area (TPSA) is 77.0 Å². The molecule has 8 nitrogen and oxygen atoms in total. The third kappa shape index (κ3) is 2.43. The van der Waals surface area contributed by atoms with Crippen LogP contribution in [-0.2, 0) is 6.54 Å². The Labute approximate surface area is 134 Å². The van der Waals surface area contributed by atoms with Gasteiger partial charge in [-0.3, -0.25) is 0 Å². The Morgan fingerprint density at radius 3 is 2.87 bits per heavy atom. The maximum Gasteiger partial charge on any atom is 0.254 e. The van der Waals surface area contributed by atoms with Crippen molar-refractivity contribution in [2.24, 2.45) is 0 Å². The highest BCUT2D eigenvalue weighted by Gasteiger charge is 2.28. The smallest absolute Gasteiger partial charge is 0.254 e. The second-order valence-electron chi connectivity index (χ2n) is 6.11. The molecule has 3 aromatic rings. The van der Waals surface area contributed by atoms with Crippen LogP contribution in [0.3, 0.4) is 0 Å². The van der Waals surface area contributed by atoms with E-state index in [0.29, 0.717) is 11.8 Å². The van der Waals surface area contributed by atoms with Crippen LogP contribution in [0.5, 0.6) is 0 Å². The maximum absolute atomic E-state index is 4.50. The van der Waals surface area contributed by atoms with Gasteiger partial charge in [-0.1, -0.05) is 0 Å². The molecule has 1 aliphatic heterocycles. The molecule has 1 aliphatic rings. The molecular weight excluding hydrogens is 292 g/mol. The zero-order valence-corrected chi connectivity index (χ0v) is 13.6. The Balaban J connectivity index is 1.69. The first-order chi connectivity index (χ1) is 11.1. The molecule has 0 aliphatic carbocycles. The Hall–Kier alpha value is -2.51. The molecular formula is C15H20N8. The van der Waals surface area contributed by atoms with Gasteiger partial charge in [-0.2, -0.15) is 19.7 Å². The number of aryl methyl sites for hydroxylation is 3. The molecule has 120 valence electrons. The van der Waals surface area contributed by atoms with E-state index in [1.54, 1.807) is 6.33 Å². The minimum atomic E-state index is 0.379. The van der Waals surface area contributed by atoms with E-state index < -0.39 is 0 Å². The molecule has 8 heteroatoms. The quantitative estimate of drug-likeness (QED) is 0.726. The van der Waals surface area contributed by atoms with Crippen LogP contribution in [0, 0.1) is 20.8 Å². The van der Waals surface area contributed by atoms with Gasteiger partial charge >= 0.3 is 0 Å². The van der Waals surface area contributed by atoms with E-state index in [1.165, 1.54) is 0 Å². The van der Waals surface area contributed by atoms with Crippen molar-refractivity contribution >= 4 is 11.6 Å². The van der Waals surface area contributed by atoms with Gasteiger partial charge in [0, 0.05) is 18.3 Å². The fraction of sp³-hybridized carbons (Fsp3) is 0.533. The maximum atomic E-state index is 4.50. The van der Waals surface area contributed by atoms with Crippen molar-refractivity contribution in [1.29, 1.82) is 0 Å². The van der Waals surface area contributed by atoms with Gasteiger partial charge in [-0.15, -0.1) is 0 Å². The lowest BCUT2D eigenvalue weighted by atomic mass is 10.2. The van der Waals surface area contributed by atoms with Gasteiger partial charge in [-0.25, -0.2) is 14.6 Å². The molecule has 23 heavy (non-hydrogen) atoms. The van der Waals surface area contributed by atoms with E-state index in [2.05, 4.69) is 36.1 Å². The van der Waals surface area contributed by atoms with Crippen molar-refractivity contribution in [1.82, 2.24) is 34.3 Å². The Morgan fingerprint density at radius 1 is 1.22 bits per heavy atom. The molecule has 0 radical (unpaired) electrons. The summed E-state index contributed by atoms with van der Waals surface area (Å²) in [7, 11) is 0. The summed E-state index contributed by atoms with van der Waals surface area (Å²) in [5, 5.41) is 8.84. The van der Waals surface area contributed by atoms with Gasteiger partial charge in [-0.05, 0) is 33.6 Å². The summed E-state index contributed by atoms with van der Waals surface area (Å²) in [4.78, 5) is 15.5. The molecule has 0 N–H and O–H groups in total. The van der Waals surface area contributed by atoms with Crippen LogP contribution in [0.25, 0.3) is 5.78 Å². The van der Waals surface area contributed by atoms with Crippen molar-refractivity contribution in [3.05, 3.63) is 29.7 Å². The summed E-state index contributed by atoms with van der Waals surface area (Å²) >= 11 is 0. The van der Waals surface area contributed by atoms with Crippen LogP contribution >= 0.6 is 0 Å². The first-order valence-corrected chi connectivity index (χ1v) is 7.94. The second kappa shape index (κ2) is 5.29. The summed E-state index contributed by atoms with van der Waals surface area (Å²) in [6, 6.07) is 2.46.